The number of fused-ring (bicyclic) bond motifs is 1. The lowest BCUT2D eigenvalue weighted by Gasteiger charge is -2.20. The van der Waals surface area contributed by atoms with E-state index in [1.165, 1.54) is 28.4 Å². The van der Waals surface area contributed by atoms with Crippen LogP contribution < -0.4 is 10.7 Å². The zero-order valence-electron chi connectivity index (χ0n) is 19.1. The summed E-state index contributed by atoms with van der Waals surface area (Å²) >= 11 is 4.59. The second kappa shape index (κ2) is 13.3. The van der Waals surface area contributed by atoms with Crippen LogP contribution in [0.5, 0.6) is 5.75 Å². The molecule has 2 aromatic rings. The summed E-state index contributed by atoms with van der Waals surface area (Å²) in [6.45, 7) is 13.7. The molecule has 0 spiro atoms. The number of carbonyl (C=O) groups is 1. The maximum atomic E-state index is 10.8. The fourth-order valence-electron chi connectivity index (χ4n) is 3.10. The van der Waals surface area contributed by atoms with Gasteiger partial charge in [0.1, 0.15) is 12.0 Å². The predicted octanol–water partition coefficient (Wildman–Crippen LogP) is 5.93. The van der Waals surface area contributed by atoms with Crippen LogP contribution in [-0.4, -0.2) is 22.6 Å². The van der Waals surface area contributed by atoms with E-state index in [0.717, 1.165) is 36.8 Å². The van der Waals surface area contributed by atoms with Gasteiger partial charge in [0.2, 0.25) is 0 Å². The summed E-state index contributed by atoms with van der Waals surface area (Å²) in [5.74, 6) is 0.0386. The minimum atomic E-state index is 0.0386. The second-order valence-corrected chi connectivity index (χ2v) is 7.11. The van der Waals surface area contributed by atoms with Crippen molar-refractivity contribution in [2.24, 2.45) is 5.10 Å². The van der Waals surface area contributed by atoms with Crippen molar-refractivity contribution in [3.63, 3.8) is 0 Å². The van der Waals surface area contributed by atoms with E-state index in [0.29, 0.717) is 16.8 Å². The number of nitrogens with zero attached hydrogens (tertiary/aromatic N) is 1. The summed E-state index contributed by atoms with van der Waals surface area (Å²) in [5, 5.41) is 17.1. The molecule has 1 aliphatic rings. The number of benzene rings is 2. The third-order valence-corrected chi connectivity index (χ3v) is 4.82. The third-order valence-electron chi connectivity index (χ3n) is 4.71. The molecule has 0 fully saturated rings. The fourth-order valence-corrected chi connectivity index (χ4v) is 3.15. The lowest BCUT2D eigenvalue weighted by Crippen LogP contribution is -2.08. The first-order valence-electron chi connectivity index (χ1n) is 10.5. The van der Waals surface area contributed by atoms with Crippen molar-refractivity contribution >= 4 is 35.4 Å². The van der Waals surface area contributed by atoms with Crippen LogP contribution in [0.4, 0.5) is 5.69 Å². The number of thiocarbonyl (C=S) groups is 1. The van der Waals surface area contributed by atoms with Crippen molar-refractivity contribution in [2.75, 3.05) is 5.32 Å². The SMILES string of the molecule is C=C1CCc2ccc(C)cc2N1.CC.CCc1cc(/C(C)=N/NC=S)c(O)cc1C=O. The van der Waals surface area contributed by atoms with Crippen LogP contribution in [-0.2, 0) is 12.8 Å². The largest absolute Gasteiger partial charge is 0.507 e. The Morgan fingerprint density at radius 1 is 1.29 bits per heavy atom. The van der Waals surface area contributed by atoms with Crippen LogP contribution in [0.3, 0.4) is 0 Å². The quantitative estimate of drug-likeness (QED) is 0.233. The molecule has 0 unspecified atom stereocenters. The van der Waals surface area contributed by atoms with Crippen molar-refractivity contribution in [3.05, 3.63) is 70.4 Å². The van der Waals surface area contributed by atoms with Crippen LogP contribution in [0, 0.1) is 6.92 Å². The Bertz CT molecular complexity index is 952. The number of allylic oxidation sites excluding steroid dienone is 1. The zero-order valence-corrected chi connectivity index (χ0v) is 19.9. The van der Waals surface area contributed by atoms with Gasteiger partial charge in [-0.25, -0.2) is 0 Å². The molecule has 6 heteroatoms. The Hall–Kier alpha value is -2.99. The third kappa shape index (κ3) is 7.64. The van der Waals surface area contributed by atoms with Gasteiger partial charge in [-0.2, -0.15) is 5.10 Å². The molecule has 0 saturated carbocycles. The summed E-state index contributed by atoms with van der Waals surface area (Å²) in [6.07, 6.45) is 3.65. The van der Waals surface area contributed by atoms with Crippen LogP contribution in [0.2, 0.25) is 0 Å². The van der Waals surface area contributed by atoms with Crippen LogP contribution in [0.1, 0.15) is 66.7 Å². The minimum Gasteiger partial charge on any atom is -0.507 e. The number of nitrogens with one attached hydrogen (secondary N) is 2. The first-order valence-corrected chi connectivity index (χ1v) is 11.0. The average Bonchev–Trinajstić information content (AvgIpc) is 2.78. The van der Waals surface area contributed by atoms with E-state index < -0.39 is 0 Å². The highest BCUT2D eigenvalue weighted by atomic mass is 32.1. The van der Waals surface area contributed by atoms with Crippen molar-refractivity contribution < 1.29 is 9.90 Å². The molecule has 2 aromatic carbocycles. The predicted molar refractivity (Wildman–Crippen MR) is 135 cm³/mol. The molecule has 0 aromatic heterocycles. The molecule has 3 N–H and O–H groups in total. The van der Waals surface area contributed by atoms with Crippen molar-refractivity contribution in [2.45, 2.75) is 53.9 Å². The topological polar surface area (TPSA) is 73.7 Å². The Kier molecular flexibility index (Phi) is 11.2. The number of phenolic OH excluding ortho intramolecular Hbond substituents is 1. The Morgan fingerprint density at radius 3 is 2.61 bits per heavy atom. The van der Waals surface area contributed by atoms with Crippen LogP contribution in [0.25, 0.3) is 0 Å². The van der Waals surface area contributed by atoms with Gasteiger partial charge >= 0.3 is 0 Å². The lowest BCUT2D eigenvalue weighted by atomic mass is 9.99. The van der Waals surface area contributed by atoms with Crippen LogP contribution in [0.15, 0.2) is 47.7 Å². The highest BCUT2D eigenvalue weighted by Gasteiger charge is 2.11. The van der Waals surface area contributed by atoms with E-state index in [9.17, 15) is 9.90 Å². The van der Waals surface area contributed by atoms with Gasteiger partial charge in [0.05, 0.1) is 11.2 Å². The number of aromatic hydroxyl groups is 1. The molecule has 5 nitrogen and oxygen atoms in total. The first-order chi connectivity index (χ1) is 14.9. The van der Waals surface area contributed by atoms with E-state index in [1.807, 2.05) is 20.8 Å². The van der Waals surface area contributed by atoms with E-state index in [2.05, 4.69) is 59.8 Å². The molecule has 1 aliphatic heterocycles. The molecule has 0 aliphatic carbocycles. The minimum absolute atomic E-state index is 0.0386. The van der Waals surface area contributed by atoms with Gasteiger partial charge < -0.3 is 10.4 Å². The first kappa shape index (κ1) is 26.0. The number of hydrazone groups is 1. The summed E-state index contributed by atoms with van der Waals surface area (Å²) in [7, 11) is 0. The maximum Gasteiger partial charge on any atom is 0.150 e. The van der Waals surface area contributed by atoms with Crippen molar-refractivity contribution in [1.82, 2.24) is 5.43 Å². The number of phenols is 1. The summed E-state index contributed by atoms with van der Waals surface area (Å²) < 4.78 is 0. The molecule has 0 bridgehead atoms. The van der Waals surface area contributed by atoms with Crippen molar-refractivity contribution in [1.29, 1.82) is 0 Å². The highest BCUT2D eigenvalue weighted by Crippen LogP contribution is 2.26. The van der Waals surface area contributed by atoms with Crippen LogP contribution >= 0.6 is 12.2 Å². The van der Waals surface area contributed by atoms with Gasteiger partial charge in [-0.15, -0.1) is 0 Å². The van der Waals surface area contributed by atoms with E-state index in [1.54, 1.807) is 13.0 Å². The molecule has 0 atom stereocenters. The number of carbonyl (C=O) groups excluding carboxylic acids is 1. The van der Waals surface area contributed by atoms with E-state index in [4.69, 9.17) is 0 Å². The number of hydrogen-bond acceptors (Lipinski definition) is 5. The molecule has 0 saturated heterocycles. The van der Waals surface area contributed by atoms with E-state index in [-0.39, 0.29) is 5.75 Å². The smallest absolute Gasteiger partial charge is 0.150 e. The van der Waals surface area contributed by atoms with Crippen molar-refractivity contribution in [3.8, 4) is 5.75 Å². The van der Waals surface area contributed by atoms with Gasteiger partial charge in [-0.05, 0) is 68.0 Å². The molecule has 3 rings (SSSR count). The molecular weight excluding hydrogens is 406 g/mol. The van der Waals surface area contributed by atoms with Gasteiger partial charge in [0.25, 0.3) is 0 Å². The number of hydrogen-bond donors (Lipinski definition) is 3. The molecule has 0 amide bonds. The van der Waals surface area contributed by atoms with Gasteiger partial charge in [0.15, 0.2) is 0 Å². The molecule has 31 heavy (non-hydrogen) atoms. The molecule has 166 valence electrons. The Balaban J connectivity index is 0.000000300. The summed E-state index contributed by atoms with van der Waals surface area (Å²) in [6, 6.07) is 9.76. The van der Waals surface area contributed by atoms with E-state index >= 15 is 0 Å². The van der Waals surface area contributed by atoms with Gasteiger partial charge in [-0.3, -0.25) is 10.2 Å². The average molecular weight is 440 g/mol. The molecule has 0 radical (unpaired) electrons. The fraction of sp³-hybridized carbons (Fsp3) is 0.320. The zero-order chi connectivity index (χ0) is 23.4. The highest BCUT2D eigenvalue weighted by molar-refractivity contribution is 7.78. The monoisotopic (exact) mass is 439 g/mol. The number of aldehydes is 1. The second-order valence-electron chi connectivity index (χ2n) is 6.87. The number of aryl methyl sites for hydroxylation is 3. The molecule has 1 heterocycles. The normalized spacial score (nSPS) is 12.2. The lowest BCUT2D eigenvalue weighted by molar-refractivity contribution is 0.112. The molecular formula is C25H33N3O2S. The Morgan fingerprint density at radius 2 is 2.00 bits per heavy atom. The van der Waals surface area contributed by atoms with Gasteiger partial charge in [-0.1, -0.05) is 51.7 Å². The summed E-state index contributed by atoms with van der Waals surface area (Å²) in [5.41, 5.74) is 11.5. The van der Waals surface area contributed by atoms with Gasteiger partial charge in [0, 0.05) is 22.5 Å². The number of rotatable bonds is 5. The standard InChI is InChI=1S/C12H14N2O2S.C11H13N.C2H6/c1-3-9-4-11(8(2)14-13-7-17)12(16)5-10(9)6-15;1-8-3-5-10-6-4-9(2)12-11(10)7-8;1-2/h4-7,16H,3H2,1-2H3,(H,13,17);3,5,7,12H,2,4,6H2,1H3;1-2H3/b14-8+;;. The summed E-state index contributed by atoms with van der Waals surface area (Å²) in [4.78, 5) is 10.8. The maximum absolute atomic E-state index is 10.8. The number of anilines is 1. The Labute approximate surface area is 191 Å².